The first-order chi connectivity index (χ1) is 15.7. The number of carbonyl (C=O) groups is 1. The second-order valence-electron chi connectivity index (χ2n) is 7.67. The number of nitrogens with zero attached hydrogens (tertiary/aromatic N) is 4. The third-order valence-electron chi connectivity index (χ3n) is 3.65. The number of aromatic nitrogens is 2. The number of nitro groups is 1. The molecule has 13 nitrogen and oxygen atoms in total. The molecule has 1 aromatic carbocycles. The van der Waals surface area contributed by atoms with Crippen molar-refractivity contribution in [3.63, 3.8) is 0 Å². The van der Waals surface area contributed by atoms with E-state index < -0.39 is 55.5 Å². The lowest BCUT2D eigenvalue weighted by Gasteiger charge is -2.22. The molecular formula is C20H22N4O9S. The maximum Gasteiger partial charge on any atom is 0.392 e. The highest BCUT2D eigenvalue weighted by Gasteiger charge is 2.32. The molecule has 0 saturated carbocycles. The summed E-state index contributed by atoms with van der Waals surface area (Å²) in [6.45, 7) is 6.07. The van der Waals surface area contributed by atoms with Crippen LogP contribution in [0, 0.1) is 21.4 Å². The van der Waals surface area contributed by atoms with Crippen molar-refractivity contribution < 1.29 is 37.1 Å². The van der Waals surface area contributed by atoms with Crippen molar-refractivity contribution >= 4 is 21.5 Å². The number of ether oxygens (including phenoxy) is 4. The zero-order valence-electron chi connectivity index (χ0n) is 19.0. The lowest BCUT2D eigenvalue weighted by molar-refractivity contribution is -0.387. The summed E-state index contributed by atoms with van der Waals surface area (Å²) in [5.74, 6) is -2.33. The van der Waals surface area contributed by atoms with Gasteiger partial charge in [0.1, 0.15) is 23.2 Å². The molecule has 0 spiro atoms. The molecule has 0 saturated heterocycles. The Kier molecular flexibility index (Phi) is 7.96. The largest absolute Gasteiger partial charge is 0.487 e. The summed E-state index contributed by atoms with van der Waals surface area (Å²) in [5.41, 5.74) is -1.42. The number of esters is 1. The summed E-state index contributed by atoms with van der Waals surface area (Å²) >= 11 is 0. The molecule has 0 fully saturated rings. The van der Waals surface area contributed by atoms with Crippen LogP contribution in [0.1, 0.15) is 33.3 Å². The standard InChI is InChI=1S/C20H22N4O9S/c1-6-30-15(25)11-31-17-16(24(26)27)18(23-19(22-17)34(5,28)29)32-13-8-7-12(10-21)14(9-13)33-20(2,3)4/h7-9H,6,11H2,1-5H3. The van der Waals surface area contributed by atoms with Crippen LogP contribution in [0.3, 0.4) is 0 Å². The van der Waals surface area contributed by atoms with Crippen molar-refractivity contribution in [2.45, 2.75) is 38.5 Å². The summed E-state index contributed by atoms with van der Waals surface area (Å²) in [4.78, 5) is 29.7. The molecular weight excluding hydrogens is 472 g/mol. The lowest BCUT2D eigenvalue weighted by Crippen LogP contribution is -2.23. The number of carbonyl (C=O) groups excluding carboxylic acids is 1. The van der Waals surface area contributed by atoms with Gasteiger partial charge in [0.15, 0.2) is 6.61 Å². The Bertz CT molecular complexity index is 1250. The van der Waals surface area contributed by atoms with Gasteiger partial charge in [-0.25, -0.2) is 13.2 Å². The number of hydrogen-bond donors (Lipinski definition) is 0. The number of hydrogen-bond acceptors (Lipinski definition) is 12. The zero-order valence-corrected chi connectivity index (χ0v) is 19.8. The first-order valence-corrected chi connectivity index (χ1v) is 11.6. The number of rotatable bonds is 9. The molecule has 2 rings (SSSR count). The van der Waals surface area contributed by atoms with Crippen molar-refractivity contribution in [1.82, 2.24) is 9.97 Å². The van der Waals surface area contributed by atoms with Crippen LogP contribution in [0.4, 0.5) is 5.69 Å². The van der Waals surface area contributed by atoms with E-state index in [1.54, 1.807) is 27.7 Å². The van der Waals surface area contributed by atoms with Crippen molar-refractivity contribution in [1.29, 1.82) is 5.26 Å². The van der Waals surface area contributed by atoms with E-state index in [1.165, 1.54) is 18.2 Å². The van der Waals surface area contributed by atoms with Crippen LogP contribution in [0.2, 0.25) is 0 Å². The molecule has 0 unspecified atom stereocenters. The first-order valence-electron chi connectivity index (χ1n) is 9.71. The predicted molar refractivity (Wildman–Crippen MR) is 116 cm³/mol. The molecule has 34 heavy (non-hydrogen) atoms. The van der Waals surface area contributed by atoms with Crippen molar-refractivity contribution in [2.24, 2.45) is 0 Å². The second-order valence-corrected chi connectivity index (χ2v) is 9.58. The third kappa shape index (κ3) is 7.01. The minimum Gasteiger partial charge on any atom is -0.487 e. The van der Waals surface area contributed by atoms with Gasteiger partial charge in [0.2, 0.25) is 9.84 Å². The minimum absolute atomic E-state index is 0.0364. The van der Waals surface area contributed by atoms with E-state index in [9.17, 15) is 28.6 Å². The highest BCUT2D eigenvalue weighted by Crippen LogP contribution is 2.38. The van der Waals surface area contributed by atoms with Gasteiger partial charge in [-0.2, -0.15) is 15.2 Å². The molecule has 0 aliphatic carbocycles. The summed E-state index contributed by atoms with van der Waals surface area (Å²) in [6, 6.07) is 5.94. The highest BCUT2D eigenvalue weighted by molar-refractivity contribution is 7.90. The van der Waals surface area contributed by atoms with Crippen LogP contribution >= 0.6 is 0 Å². The predicted octanol–water partition coefficient (Wildman–Crippen LogP) is 2.57. The van der Waals surface area contributed by atoms with E-state index >= 15 is 0 Å². The van der Waals surface area contributed by atoms with Gasteiger partial charge in [0.25, 0.3) is 5.16 Å². The van der Waals surface area contributed by atoms with E-state index in [2.05, 4.69) is 9.97 Å². The topological polar surface area (TPSA) is 181 Å². The Morgan fingerprint density at radius 2 is 1.88 bits per heavy atom. The van der Waals surface area contributed by atoms with Crippen LogP contribution in [0.15, 0.2) is 23.4 Å². The summed E-state index contributed by atoms with van der Waals surface area (Å²) in [5, 5.41) is 20.2. The van der Waals surface area contributed by atoms with Crippen LogP contribution in [-0.4, -0.2) is 54.3 Å². The van der Waals surface area contributed by atoms with E-state index in [4.69, 9.17) is 18.9 Å². The summed E-state index contributed by atoms with van der Waals surface area (Å²) < 4.78 is 45.1. The Morgan fingerprint density at radius 3 is 2.41 bits per heavy atom. The SMILES string of the molecule is CCOC(=O)COc1nc(S(C)(=O)=O)nc(Oc2ccc(C#N)c(OC(C)(C)C)c2)c1[N+](=O)[O-]. The fourth-order valence-electron chi connectivity index (χ4n) is 2.40. The fraction of sp³-hybridized carbons (Fsp3) is 0.400. The lowest BCUT2D eigenvalue weighted by atomic mass is 10.1. The Balaban J connectivity index is 2.60. The van der Waals surface area contributed by atoms with Gasteiger partial charge in [-0.15, -0.1) is 0 Å². The number of benzene rings is 1. The third-order valence-corrected chi connectivity index (χ3v) is 4.50. The van der Waals surface area contributed by atoms with E-state index in [0.717, 1.165) is 6.26 Å². The van der Waals surface area contributed by atoms with Crippen molar-refractivity contribution in [3.8, 4) is 29.3 Å². The average molecular weight is 494 g/mol. The molecule has 1 heterocycles. The fourth-order valence-corrected chi connectivity index (χ4v) is 2.90. The Hall–Kier alpha value is -3.99. The molecule has 0 N–H and O–H groups in total. The van der Waals surface area contributed by atoms with Crippen LogP contribution in [-0.2, 0) is 19.4 Å². The molecule has 0 bridgehead atoms. The van der Waals surface area contributed by atoms with Gasteiger partial charge in [-0.3, -0.25) is 10.1 Å². The summed E-state index contributed by atoms with van der Waals surface area (Å²) in [6.07, 6.45) is 0.782. The molecule has 0 atom stereocenters. The molecule has 0 aliphatic rings. The van der Waals surface area contributed by atoms with Gasteiger partial charge >= 0.3 is 23.4 Å². The quantitative estimate of drug-likeness (QED) is 0.215. The molecule has 14 heteroatoms. The maximum absolute atomic E-state index is 12.1. The molecule has 182 valence electrons. The molecule has 0 aliphatic heterocycles. The van der Waals surface area contributed by atoms with Gasteiger partial charge in [-0.1, -0.05) is 0 Å². The van der Waals surface area contributed by atoms with Gasteiger partial charge in [0.05, 0.1) is 17.1 Å². The molecule has 2 aromatic rings. The number of sulfone groups is 1. The van der Waals surface area contributed by atoms with E-state index in [1.807, 2.05) is 6.07 Å². The summed E-state index contributed by atoms with van der Waals surface area (Å²) in [7, 11) is -4.06. The normalized spacial score (nSPS) is 11.3. The monoisotopic (exact) mass is 494 g/mol. The first kappa shape index (κ1) is 26.3. The molecule has 1 aromatic heterocycles. The second kappa shape index (κ2) is 10.3. The number of nitriles is 1. The van der Waals surface area contributed by atoms with Gasteiger partial charge in [0, 0.05) is 12.3 Å². The minimum atomic E-state index is -4.06. The Labute approximate surface area is 195 Å². The van der Waals surface area contributed by atoms with Crippen LogP contribution < -0.4 is 14.2 Å². The van der Waals surface area contributed by atoms with Gasteiger partial charge < -0.3 is 18.9 Å². The molecule has 0 amide bonds. The zero-order chi connectivity index (χ0) is 25.7. The van der Waals surface area contributed by atoms with Crippen molar-refractivity contribution in [2.75, 3.05) is 19.5 Å². The maximum atomic E-state index is 12.1. The average Bonchev–Trinajstić information content (AvgIpc) is 2.70. The molecule has 0 radical (unpaired) electrons. The Morgan fingerprint density at radius 1 is 1.24 bits per heavy atom. The van der Waals surface area contributed by atoms with Crippen LogP contribution in [0.5, 0.6) is 23.3 Å². The highest BCUT2D eigenvalue weighted by atomic mass is 32.2. The van der Waals surface area contributed by atoms with E-state index in [0.29, 0.717) is 0 Å². The van der Waals surface area contributed by atoms with E-state index in [-0.39, 0.29) is 23.7 Å². The van der Waals surface area contributed by atoms with Crippen LogP contribution in [0.25, 0.3) is 0 Å². The van der Waals surface area contributed by atoms with Gasteiger partial charge in [-0.05, 0) is 39.8 Å². The smallest absolute Gasteiger partial charge is 0.392 e. The van der Waals surface area contributed by atoms with Crippen molar-refractivity contribution in [3.05, 3.63) is 33.9 Å².